The standard InChI is InChI=1S/3C8H11N.2C7H10N2/c1-7(2)8-3-5-9-6-4-8;1-7(2)8-4-3-5-9-6-8;1-7(2)8-5-3-4-6-9-8;1-6(2)7-5-8-3-4-9-7;1-6(2)7-4-3-5-8-9-7/h3*3-7H,1-2H3;2*3-6H,1-2H3. The Bertz CT molecular complexity index is 1090. The van der Waals surface area contributed by atoms with E-state index in [1.54, 1.807) is 31.0 Å². The van der Waals surface area contributed by atoms with E-state index in [4.69, 9.17) is 0 Å². The Morgan fingerprint density at radius 1 is 0.378 bits per heavy atom. The highest BCUT2D eigenvalue weighted by atomic mass is 15.1. The molecule has 5 heterocycles. The van der Waals surface area contributed by atoms with Gasteiger partial charge in [0.05, 0.1) is 11.4 Å². The van der Waals surface area contributed by atoms with Crippen molar-refractivity contribution in [1.29, 1.82) is 0 Å². The third-order valence-corrected chi connectivity index (χ3v) is 6.36. The molecule has 5 rings (SSSR count). The van der Waals surface area contributed by atoms with E-state index < -0.39 is 0 Å². The summed E-state index contributed by atoms with van der Waals surface area (Å²) in [4.78, 5) is 20.2. The molecule has 0 N–H and O–H groups in total. The second kappa shape index (κ2) is 23.1. The molecule has 0 aliphatic carbocycles. The average molecular weight is 608 g/mol. The monoisotopic (exact) mass is 607 g/mol. The molecule has 7 nitrogen and oxygen atoms in total. The highest BCUT2D eigenvalue weighted by Crippen LogP contribution is 2.12. The molecule has 0 unspecified atom stereocenters. The fraction of sp³-hybridized carbons (Fsp3) is 0.395. The number of hydrogen-bond acceptors (Lipinski definition) is 7. The second-order valence-electron chi connectivity index (χ2n) is 11.9. The fourth-order valence-corrected chi connectivity index (χ4v) is 3.41. The summed E-state index contributed by atoms with van der Waals surface area (Å²) in [6.07, 6.45) is 16.1. The van der Waals surface area contributed by atoms with Crippen LogP contribution in [0.4, 0.5) is 0 Å². The van der Waals surface area contributed by atoms with Gasteiger partial charge in [0.25, 0.3) is 0 Å². The van der Waals surface area contributed by atoms with Crippen LogP contribution < -0.4 is 0 Å². The van der Waals surface area contributed by atoms with Gasteiger partial charge >= 0.3 is 0 Å². The van der Waals surface area contributed by atoms with Gasteiger partial charge in [0, 0.05) is 61.5 Å². The van der Waals surface area contributed by atoms with E-state index in [0.29, 0.717) is 29.6 Å². The van der Waals surface area contributed by atoms with Crippen LogP contribution in [0.15, 0.2) is 110 Å². The van der Waals surface area contributed by atoms with Crippen molar-refractivity contribution in [3.8, 4) is 0 Å². The lowest BCUT2D eigenvalue weighted by Crippen LogP contribution is -1.92. The van der Waals surface area contributed by atoms with Gasteiger partial charge < -0.3 is 0 Å². The maximum atomic E-state index is 4.18. The summed E-state index contributed by atoms with van der Waals surface area (Å²) in [5.74, 6) is 2.73. The molecule has 0 bridgehead atoms. The molecule has 0 spiro atoms. The smallest absolute Gasteiger partial charge is 0.0656 e. The van der Waals surface area contributed by atoms with Crippen LogP contribution in [0, 0.1) is 0 Å². The Labute approximate surface area is 272 Å². The van der Waals surface area contributed by atoms with Crippen molar-refractivity contribution >= 4 is 0 Å². The molecule has 0 saturated heterocycles. The van der Waals surface area contributed by atoms with Gasteiger partial charge in [-0.1, -0.05) is 81.4 Å². The number of hydrogen-bond donors (Lipinski definition) is 0. The highest BCUT2D eigenvalue weighted by molar-refractivity contribution is 5.13. The first-order chi connectivity index (χ1) is 21.5. The normalized spacial score (nSPS) is 10.1. The van der Waals surface area contributed by atoms with Crippen molar-refractivity contribution in [3.05, 3.63) is 139 Å². The van der Waals surface area contributed by atoms with Gasteiger partial charge in [0.1, 0.15) is 0 Å². The number of nitrogens with zero attached hydrogens (tertiary/aromatic N) is 7. The first-order valence-electron chi connectivity index (χ1n) is 15.8. The van der Waals surface area contributed by atoms with Crippen LogP contribution in [0.2, 0.25) is 0 Å². The largest absolute Gasteiger partial charge is 0.265 e. The maximum Gasteiger partial charge on any atom is 0.0656 e. The molecular weight excluding hydrogens is 554 g/mol. The maximum absolute atomic E-state index is 4.18. The van der Waals surface area contributed by atoms with Crippen LogP contribution in [0.3, 0.4) is 0 Å². The van der Waals surface area contributed by atoms with Crippen molar-refractivity contribution in [2.75, 3.05) is 0 Å². The van der Waals surface area contributed by atoms with E-state index in [-0.39, 0.29) is 0 Å². The molecule has 0 atom stereocenters. The summed E-state index contributed by atoms with van der Waals surface area (Å²) in [6, 6.07) is 18.0. The van der Waals surface area contributed by atoms with E-state index in [2.05, 4.69) is 110 Å². The highest BCUT2D eigenvalue weighted by Gasteiger charge is 1.98. The summed E-state index contributed by atoms with van der Waals surface area (Å²) in [7, 11) is 0. The van der Waals surface area contributed by atoms with Gasteiger partial charge in [-0.25, -0.2) is 0 Å². The minimum Gasteiger partial charge on any atom is -0.265 e. The molecule has 0 radical (unpaired) electrons. The number of pyridine rings is 3. The van der Waals surface area contributed by atoms with Crippen molar-refractivity contribution in [3.63, 3.8) is 0 Å². The lowest BCUT2D eigenvalue weighted by molar-refractivity contribution is 0.785. The van der Waals surface area contributed by atoms with Crippen molar-refractivity contribution < 1.29 is 0 Å². The Balaban J connectivity index is 0.000000281. The summed E-state index contributed by atoms with van der Waals surface area (Å²) < 4.78 is 0. The lowest BCUT2D eigenvalue weighted by atomic mass is 10.1. The molecule has 0 fully saturated rings. The molecule has 0 amide bonds. The zero-order chi connectivity index (χ0) is 33.5. The Morgan fingerprint density at radius 2 is 0.956 bits per heavy atom. The quantitative estimate of drug-likeness (QED) is 0.196. The summed E-state index contributed by atoms with van der Waals surface area (Å²) >= 11 is 0. The van der Waals surface area contributed by atoms with Gasteiger partial charge in [-0.15, -0.1) is 0 Å². The summed E-state index contributed by atoms with van der Waals surface area (Å²) in [5.41, 5.74) is 5.93. The predicted molar refractivity (Wildman–Crippen MR) is 187 cm³/mol. The zero-order valence-corrected chi connectivity index (χ0v) is 28.9. The molecular formula is C38H53N7. The molecule has 0 aliphatic rings. The summed E-state index contributed by atoms with van der Waals surface area (Å²) in [6.45, 7) is 21.4. The third-order valence-electron chi connectivity index (χ3n) is 6.36. The van der Waals surface area contributed by atoms with E-state index >= 15 is 0 Å². The second-order valence-corrected chi connectivity index (χ2v) is 11.9. The first-order valence-corrected chi connectivity index (χ1v) is 15.8. The SMILES string of the molecule is CC(C)c1ccccn1.CC(C)c1cccnc1.CC(C)c1cccnn1.CC(C)c1ccncc1.CC(C)c1cnccn1. The van der Waals surface area contributed by atoms with Gasteiger partial charge in [-0.05, 0) is 83.2 Å². The lowest BCUT2D eigenvalue weighted by Gasteiger charge is -2.01. The van der Waals surface area contributed by atoms with Crippen LogP contribution in [0.5, 0.6) is 0 Å². The van der Waals surface area contributed by atoms with Crippen LogP contribution in [0.25, 0.3) is 0 Å². The first kappa shape index (κ1) is 38.6. The van der Waals surface area contributed by atoms with Crippen LogP contribution >= 0.6 is 0 Å². The van der Waals surface area contributed by atoms with Gasteiger partial charge in [-0.2, -0.15) is 10.2 Å². The van der Waals surface area contributed by atoms with Crippen LogP contribution in [-0.2, 0) is 0 Å². The molecule has 0 aromatic carbocycles. The summed E-state index contributed by atoms with van der Waals surface area (Å²) in [5, 5.41) is 7.68. The van der Waals surface area contributed by atoms with Gasteiger partial charge in [0.15, 0.2) is 0 Å². The van der Waals surface area contributed by atoms with Crippen molar-refractivity contribution in [1.82, 2.24) is 35.1 Å². The third kappa shape index (κ3) is 18.1. The topological polar surface area (TPSA) is 90.2 Å². The van der Waals surface area contributed by atoms with Crippen molar-refractivity contribution in [2.45, 2.75) is 98.8 Å². The molecule has 7 heteroatoms. The minimum absolute atomic E-state index is 0.485. The average Bonchev–Trinajstić information content (AvgIpc) is 3.08. The number of aromatic nitrogens is 7. The fourth-order valence-electron chi connectivity index (χ4n) is 3.41. The van der Waals surface area contributed by atoms with E-state index in [1.165, 1.54) is 11.1 Å². The Hall–Kier alpha value is -4.39. The van der Waals surface area contributed by atoms with Crippen molar-refractivity contribution in [2.24, 2.45) is 0 Å². The number of rotatable bonds is 5. The van der Waals surface area contributed by atoms with E-state index in [1.807, 2.05) is 73.3 Å². The van der Waals surface area contributed by atoms with E-state index in [0.717, 1.165) is 17.1 Å². The van der Waals surface area contributed by atoms with Crippen LogP contribution in [-0.4, -0.2) is 35.1 Å². The van der Waals surface area contributed by atoms with Gasteiger partial charge in [0.2, 0.25) is 0 Å². The molecule has 5 aromatic rings. The Kier molecular flexibility index (Phi) is 19.8. The molecule has 5 aromatic heterocycles. The molecule has 0 aliphatic heterocycles. The van der Waals surface area contributed by atoms with Gasteiger partial charge in [-0.3, -0.25) is 24.9 Å². The molecule has 45 heavy (non-hydrogen) atoms. The zero-order valence-electron chi connectivity index (χ0n) is 28.9. The Morgan fingerprint density at radius 3 is 1.29 bits per heavy atom. The molecule has 240 valence electrons. The molecule has 0 saturated carbocycles. The van der Waals surface area contributed by atoms with E-state index in [9.17, 15) is 0 Å². The van der Waals surface area contributed by atoms with Crippen LogP contribution in [0.1, 0.15) is 127 Å². The minimum atomic E-state index is 0.485. The predicted octanol–water partition coefficient (Wildman–Crippen LogP) is 9.81.